The molecule has 0 amide bonds. The Morgan fingerprint density at radius 3 is 2.80 bits per heavy atom. The maximum Gasteiger partial charge on any atom is 0.262 e. The highest BCUT2D eigenvalue weighted by molar-refractivity contribution is 5.77. The minimum atomic E-state index is 0.0679. The van der Waals surface area contributed by atoms with Crippen LogP contribution in [0.2, 0.25) is 0 Å². The average molecular weight is 271 g/mol. The first-order valence-corrected chi connectivity index (χ1v) is 7.39. The second-order valence-electron chi connectivity index (χ2n) is 5.94. The molecule has 0 fully saturated rings. The van der Waals surface area contributed by atoms with E-state index in [1.165, 1.54) is 0 Å². The maximum atomic E-state index is 12.7. The molecule has 0 spiro atoms. The largest absolute Gasteiger partial charge is 0.287 e. The van der Waals surface area contributed by atoms with Crippen molar-refractivity contribution < 1.29 is 0 Å². The summed E-state index contributed by atoms with van der Waals surface area (Å²) in [6, 6.07) is 7.79. The van der Waals surface area contributed by atoms with Gasteiger partial charge in [-0.25, -0.2) is 4.98 Å². The number of fused-ring (bicyclic) bond motifs is 2. The van der Waals surface area contributed by atoms with Crippen molar-refractivity contribution in [3.8, 4) is 0 Å². The lowest BCUT2D eigenvalue weighted by Gasteiger charge is -2.13. The molecule has 1 aliphatic rings. The van der Waals surface area contributed by atoms with Crippen LogP contribution in [-0.4, -0.2) is 9.55 Å². The molecule has 0 bridgehead atoms. The predicted octanol–water partition coefficient (Wildman–Crippen LogP) is 3.00. The quantitative estimate of drug-likeness (QED) is 0.933. The molecule has 2 atom stereocenters. The van der Waals surface area contributed by atoms with Crippen LogP contribution < -0.4 is 10.9 Å². The van der Waals surface area contributed by atoms with E-state index in [0.29, 0.717) is 11.3 Å². The summed E-state index contributed by atoms with van der Waals surface area (Å²) >= 11 is 0. The Kier molecular flexibility index (Phi) is 3.34. The third-order valence-electron chi connectivity index (χ3n) is 3.95. The van der Waals surface area contributed by atoms with Crippen molar-refractivity contribution in [1.82, 2.24) is 14.9 Å². The molecule has 2 aromatic rings. The van der Waals surface area contributed by atoms with Gasteiger partial charge in [-0.15, -0.1) is 0 Å². The highest BCUT2D eigenvalue weighted by Gasteiger charge is 2.32. The molecule has 1 aromatic heterocycles. The number of nitrogens with zero attached hydrogens (tertiary/aromatic N) is 2. The highest BCUT2D eigenvalue weighted by atomic mass is 16.1. The second-order valence-corrected chi connectivity index (χ2v) is 5.94. The van der Waals surface area contributed by atoms with E-state index in [4.69, 9.17) is 4.98 Å². The second kappa shape index (κ2) is 5.02. The Balaban J connectivity index is 2.21. The molecule has 0 saturated carbocycles. The van der Waals surface area contributed by atoms with Crippen molar-refractivity contribution >= 4 is 10.9 Å². The standard InChI is InChI=1S/C16H21N3O/c1-4-14-17-13(9-10(2)3)15-18-12-8-6-5-7-11(12)16(20)19(14)15/h5-8,10,13-14,17H,4,9H2,1-3H3/t13-,14?/m0/s1. The van der Waals surface area contributed by atoms with E-state index in [-0.39, 0.29) is 17.8 Å². The first kappa shape index (κ1) is 13.3. The third kappa shape index (κ3) is 2.04. The van der Waals surface area contributed by atoms with Crippen LogP contribution in [0.1, 0.15) is 51.6 Å². The summed E-state index contributed by atoms with van der Waals surface area (Å²) < 4.78 is 1.86. The minimum absolute atomic E-state index is 0.0679. The van der Waals surface area contributed by atoms with Crippen LogP contribution in [0.3, 0.4) is 0 Å². The molecule has 2 heterocycles. The number of para-hydroxylation sites is 1. The van der Waals surface area contributed by atoms with E-state index in [1.54, 1.807) is 0 Å². The lowest BCUT2D eigenvalue weighted by atomic mass is 10.0. The van der Waals surface area contributed by atoms with Gasteiger partial charge in [-0.05, 0) is 30.9 Å². The zero-order valence-electron chi connectivity index (χ0n) is 12.3. The SMILES string of the molecule is CCC1N[C@@H](CC(C)C)c2nc3ccccc3c(=O)n21. The van der Waals surface area contributed by atoms with E-state index < -0.39 is 0 Å². The molecule has 4 nitrogen and oxygen atoms in total. The van der Waals surface area contributed by atoms with Gasteiger partial charge in [-0.3, -0.25) is 14.7 Å². The molecular weight excluding hydrogens is 250 g/mol. The molecule has 1 N–H and O–H groups in total. The van der Waals surface area contributed by atoms with Gasteiger partial charge in [0.25, 0.3) is 5.56 Å². The summed E-state index contributed by atoms with van der Waals surface area (Å²) in [5, 5.41) is 4.26. The van der Waals surface area contributed by atoms with Crippen LogP contribution >= 0.6 is 0 Å². The Morgan fingerprint density at radius 1 is 1.35 bits per heavy atom. The summed E-state index contributed by atoms with van der Waals surface area (Å²) in [5.74, 6) is 1.47. The van der Waals surface area contributed by atoms with E-state index in [9.17, 15) is 4.79 Å². The first-order valence-electron chi connectivity index (χ1n) is 7.39. The fourth-order valence-corrected chi connectivity index (χ4v) is 3.04. The monoisotopic (exact) mass is 271 g/mol. The van der Waals surface area contributed by atoms with Gasteiger partial charge in [-0.1, -0.05) is 32.9 Å². The first-order chi connectivity index (χ1) is 9.61. The van der Waals surface area contributed by atoms with Crippen molar-refractivity contribution in [3.05, 3.63) is 40.4 Å². The third-order valence-corrected chi connectivity index (χ3v) is 3.95. The van der Waals surface area contributed by atoms with E-state index in [1.807, 2.05) is 28.8 Å². The number of benzene rings is 1. The lowest BCUT2D eigenvalue weighted by molar-refractivity contribution is 0.380. The Hall–Kier alpha value is -1.68. The summed E-state index contributed by atoms with van der Waals surface area (Å²) in [7, 11) is 0. The predicted molar refractivity (Wildman–Crippen MR) is 80.7 cm³/mol. The summed E-state index contributed by atoms with van der Waals surface area (Å²) in [5.41, 5.74) is 0.882. The van der Waals surface area contributed by atoms with Crippen LogP contribution in [0.4, 0.5) is 0 Å². The minimum Gasteiger partial charge on any atom is -0.287 e. The Bertz CT molecular complexity index is 690. The van der Waals surface area contributed by atoms with Crippen molar-refractivity contribution in [2.24, 2.45) is 5.92 Å². The summed E-state index contributed by atoms with van der Waals surface area (Å²) in [6.07, 6.45) is 1.96. The zero-order chi connectivity index (χ0) is 14.3. The van der Waals surface area contributed by atoms with Crippen LogP contribution in [0.5, 0.6) is 0 Å². The average Bonchev–Trinajstić information content (AvgIpc) is 2.77. The number of hydrogen-bond acceptors (Lipinski definition) is 3. The van der Waals surface area contributed by atoms with Gasteiger partial charge < -0.3 is 0 Å². The van der Waals surface area contributed by atoms with Crippen LogP contribution in [0.25, 0.3) is 10.9 Å². The van der Waals surface area contributed by atoms with Crippen LogP contribution in [-0.2, 0) is 0 Å². The van der Waals surface area contributed by atoms with Gasteiger partial charge in [0.2, 0.25) is 0 Å². The molecule has 20 heavy (non-hydrogen) atoms. The topological polar surface area (TPSA) is 46.9 Å². The number of hydrogen-bond donors (Lipinski definition) is 1. The number of nitrogens with one attached hydrogen (secondary N) is 1. The zero-order valence-corrected chi connectivity index (χ0v) is 12.3. The number of aromatic nitrogens is 2. The fraction of sp³-hybridized carbons (Fsp3) is 0.500. The van der Waals surface area contributed by atoms with Crippen molar-refractivity contribution in [2.45, 2.75) is 45.8 Å². The molecule has 0 aliphatic carbocycles. The van der Waals surface area contributed by atoms with Gasteiger partial charge in [0.1, 0.15) is 5.82 Å². The van der Waals surface area contributed by atoms with E-state index >= 15 is 0 Å². The van der Waals surface area contributed by atoms with Gasteiger partial charge in [0.05, 0.1) is 23.1 Å². The Labute approximate surface area is 118 Å². The van der Waals surface area contributed by atoms with Crippen LogP contribution in [0, 0.1) is 5.92 Å². The molecule has 1 unspecified atom stereocenters. The number of rotatable bonds is 3. The van der Waals surface area contributed by atoms with Crippen LogP contribution in [0.15, 0.2) is 29.1 Å². The van der Waals surface area contributed by atoms with E-state index in [0.717, 1.165) is 24.2 Å². The molecular formula is C16H21N3O. The normalized spacial score (nSPS) is 21.6. The molecule has 106 valence electrons. The molecule has 1 aliphatic heterocycles. The molecule has 3 rings (SSSR count). The van der Waals surface area contributed by atoms with Crippen molar-refractivity contribution in [2.75, 3.05) is 0 Å². The van der Waals surface area contributed by atoms with Gasteiger partial charge in [0.15, 0.2) is 0 Å². The van der Waals surface area contributed by atoms with E-state index in [2.05, 4.69) is 26.1 Å². The van der Waals surface area contributed by atoms with Crippen molar-refractivity contribution in [3.63, 3.8) is 0 Å². The molecule has 0 saturated heterocycles. The molecule has 0 radical (unpaired) electrons. The molecule has 4 heteroatoms. The van der Waals surface area contributed by atoms with Crippen molar-refractivity contribution in [1.29, 1.82) is 0 Å². The van der Waals surface area contributed by atoms with Gasteiger partial charge in [-0.2, -0.15) is 0 Å². The van der Waals surface area contributed by atoms with Gasteiger partial charge in [0, 0.05) is 0 Å². The highest BCUT2D eigenvalue weighted by Crippen LogP contribution is 2.30. The summed E-state index contributed by atoms with van der Waals surface area (Å²) in [6.45, 7) is 6.50. The fourth-order valence-electron chi connectivity index (χ4n) is 3.04. The Morgan fingerprint density at radius 2 is 2.10 bits per heavy atom. The molecule has 1 aromatic carbocycles. The van der Waals surface area contributed by atoms with Gasteiger partial charge >= 0.3 is 0 Å². The smallest absolute Gasteiger partial charge is 0.262 e. The maximum absolute atomic E-state index is 12.7. The summed E-state index contributed by atoms with van der Waals surface area (Å²) in [4.78, 5) is 17.5. The lowest BCUT2D eigenvalue weighted by Crippen LogP contribution is -2.27.